The van der Waals surface area contributed by atoms with E-state index in [1.807, 2.05) is 0 Å². The van der Waals surface area contributed by atoms with E-state index in [4.69, 9.17) is 11.6 Å². The molecule has 1 aliphatic rings. The van der Waals surface area contributed by atoms with Gasteiger partial charge in [0, 0.05) is 26.2 Å². The summed E-state index contributed by atoms with van der Waals surface area (Å²) in [6, 6.07) is 0. The lowest BCUT2D eigenvalue weighted by Crippen LogP contribution is -2.44. The molecule has 3 nitrogen and oxygen atoms in total. The maximum absolute atomic E-state index is 10.9. The molecule has 0 spiro atoms. The molecule has 1 aliphatic heterocycles. The molecule has 0 saturated carbocycles. The molecule has 0 aromatic carbocycles. The minimum Gasteiger partial charge on any atom is -0.339 e. The highest BCUT2D eigenvalue weighted by molar-refractivity contribution is 6.27. The van der Waals surface area contributed by atoms with E-state index in [1.165, 1.54) is 0 Å². The van der Waals surface area contributed by atoms with Crippen LogP contribution >= 0.6 is 11.6 Å². The first kappa shape index (κ1) is 7.82. The molecule has 1 fully saturated rings. The van der Waals surface area contributed by atoms with Crippen molar-refractivity contribution in [2.75, 3.05) is 32.1 Å². The number of hydrogen-bond donors (Lipinski definition) is 0. The Balaban J connectivity index is 2.31. The maximum atomic E-state index is 10.9. The monoisotopic (exact) mass is 161 g/mol. The van der Waals surface area contributed by atoms with Crippen molar-refractivity contribution >= 4 is 17.5 Å². The Morgan fingerprint density at radius 2 is 2.10 bits per heavy atom. The molecule has 0 aromatic heterocycles. The summed E-state index contributed by atoms with van der Waals surface area (Å²) in [4.78, 5) is 12.7. The van der Waals surface area contributed by atoms with Gasteiger partial charge in [0.25, 0.3) is 0 Å². The lowest BCUT2D eigenvalue weighted by Gasteiger charge is -2.25. The first-order valence-corrected chi connectivity index (χ1v) is 3.85. The van der Waals surface area contributed by atoms with E-state index in [2.05, 4.69) is 5.32 Å². The summed E-state index contributed by atoms with van der Waals surface area (Å²) in [7, 11) is 0. The Kier molecular flexibility index (Phi) is 2.96. The highest BCUT2D eigenvalue weighted by atomic mass is 35.5. The van der Waals surface area contributed by atoms with Crippen molar-refractivity contribution in [2.45, 2.75) is 0 Å². The van der Waals surface area contributed by atoms with E-state index in [9.17, 15) is 4.79 Å². The van der Waals surface area contributed by atoms with Gasteiger partial charge < -0.3 is 4.90 Å². The van der Waals surface area contributed by atoms with Gasteiger partial charge in [-0.1, -0.05) is 0 Å². The van der Waals surface area contributed by atoms with Crippen molar-refractivity contribution in [3.8, 4) is 0 Å². The molecule has 0 unspecified atom stereocenters. The van der Waals surface area contributed by atoms with Crippen molar-refractivity contribution in [3.05, 3.63) is 0 Å². The van der Waals surface area contributed by atoms with Crippen LogP contribution in [0.15, 0.2) is 0 Å². The molecule has 0 bridgehead atoms. The number of piperazine rings is 1. The van der Waals surface area contributed by atoms with Gasteiger partial charge >= 0.3 is 0 Å². The summed E-state index contributed by atoms with van der Waals surface area (Å²) in [6.45, 7) is 3.02. The highest BCUT2D eigenvalue weighted by Crippen LogP contribution is 1.94. The first-order chi connectivity index (χ1) is 4.84. The topological polar surface area (TPSA) is 34.4 Å². The Morgan fingerprint density at radius 3 is 2.60 bits per heavy atom. The fourth-order valence-corrected chi connectivity index (χ4v) is 1.11. The molecule has 10 heavy (non-hydrogen) atoms. The van der Waals surface area contributed by atoms with E-state index in [0.29, 0.717) is 0 Å². The van der Waals surface area contributed by atoms with Crippen molar-refractivity contribution in [3.63, 3.8) is 0 Å². The third kappa shape index (κ3) is 1.85. The van der Waals surface area contributed by atoms with Crippen LogP contribution < -0.4 is 5.32 Å². The summed E-state index contributed by atoms with van der Waals surface area (Å²) in [5, 5.41) is 4.11. The number of nitrogens with zero attached hydrogens (tertiary/aromatic N) is 2. The minimum atomic E-state index is 0.0246. The average molecular weight is 162 g/mol. The predicted molar refractivity (Wildman–Crippen MR) is 39.2 cm³/mol. The second-order valence-corrected chi connectivity index (χ2v) is 2.45. The van der Waals surface area contributed by atoms with Crippen LogP contribution in [-0.2, 0) is 4.79 Å². The number of carbonyl (C=O) groups is 1. The molecule has 0 aliphatic carbocycles. The van der Waals surface area contributed by atoms with Gasteiger partial charge in [-0.05, 0) is 0 Å². The lowest BCUT2D eigenvalue weighted by atomic mass is 10.3. The zero-order chi connectivity index (χ0) is 7.40. The maximum Gasteiger partial charge on any atom is 0.237 e. The smallest absolute Gasteiger partial charge is 0.237 e. The van der Waals surface area contributed by atoms with Gasteiger partial charge in [-0.2, -0.15) is 0 Å². The highest BCUT2D eigenvalue weighted by Gasteiger charge is 2.14. The van der Waals surface area contributed by atoms with E-state index in [1.54, 1.807) is 4.90 Å². The second kappa shape index (κ2) is 3.78. The Labute approximate surface area is 65.3 Å². The number of halogens is 1. The van der Waals surface area contributed by atoms with E-state index < -0.39 is 0 Å². The zero-order valence-corrected chi connectivity index (χ0v) is 6.47. The van der Waals surface area contributed by atoms with Gasteiger partial charge in [0.1, 0.15) is 5.88 Å². The number of carbonyl (C=O) groups excluding carboxylic acids is 1. The minimum absolute atomic E-state index is 0.0246. The van der Waals surface area contributed by atoms with Gasteiger partial charge in [0.2, 0.25) is 5.91 Å². The fourth-order valence-electron chi connectivity index (χ4n) is 0.940. The largest absolute Gasteiger partial charge is 0.339 e. The van der Waals surface area contributed by atoms with E-state index >= 15 is 0 Å². The van der Waals surface area contributed by atoms with E-state index in [-0.39, 0.29) is 11.8 Å². The molecule has 1 saturated heterocycles. The van der Waals surface area contributed by atoms with Crippen LogP contribution in [0.5, 0.6) is 0 Å². The van der Waals surface area contributed by atoms with Crippen molar-refractivity contribution in [1.29, 1.82) is 0 Å². The van der Waals surface area contributed by atoms with Gasteiger partial charge in [-0.25, -0.2) is 5.32 Å². The van der Waals surface area contributed by atoms with Crippen molar-refractivity contribution in [2.24, 2.45) is 0 Å². The Morgan fingerprint density at radius 1 is 1.50 bits per heavy atom. The molecule has 4 heteroatoms. The van der Waals surface area contributed by atoms with Gasteiger partial charge in [-0.15, -0.1) is 11.6 Å². The zero-order valence-electron chi connectivity index (χ0n) is 5.72. The summed E-state index contributed by atoms with van der Waals surface area (Å²) in [5.41, 5.74) is 0. The van der Waals surface area contributed by atoms with Gasteiger partial charge in [0.15, 0.2) is 0 Å². The van der Waals surface area contributed by atoms with Crippen LogP contribution in [-0.4, -0.2) is 42.9 Å². The first-order valence-electron chi connectivity index (χ1n) is 3.31. The molecule has 57 valence electrons. The molecule has 1 heterocycles. The average Bonchev–Trinajstić information content (AvgIpc) is 2.05. The standard InChI is InChI=1S/C6H10ClN2O/c7-5-6(10)9-3-1-8-2-4-9/h1-5H2. The van der Waals surface area contributed by atoms with Crippen LogP contribution in [0.4, 0.5) is 0 Å². The summed E-state index contributed by atoms with van der Waals surface area (Å²) in [6.07, 6.45) is 0. The van der Waals surface area contributed by atoms with Crippen LogP contribution in [0.25, 0.3) is 0 Å². The van der Waals surface area contributed by atoms with E-state index in [0.717, 1.165) is 26.2 Å². The number of rotatable bonds is 1. The third-order valence-electron chi connectivity index (χ3n) is 1.52. The number of alkyl halides is 1. The fraction of sp³-hybridized carbons (Fsp3) is 0.833. The molecule has 0 atom stereocenters. The summed E-state index contributed by atoms with van der Waals surface area (Å²) >= 11 is 5.36. The second-order valence-electron chi connectivity index (χ2n) is 2.19. The van der Waals surface area contributed by atoms with Crippen molar-refractivity contribution in [1.82, 2.24) is 10.2 Å². The van der Waals surface area contributed by atoms with Crippen LogP contribution in [0.3, 0.4) is 0 Å². The van der Waals surface area contributed by atoms with Crippen LogP contribution in [0.2, 0.25) is 0 Å². The van der Waals surface area contributed by atoms with Crippen LogP contribution in [0.1, 0.15) is 0 Å². The number of amides is 1. The molecule has 1 radical (unpaired) electrons. The lowest BCUT2D eigenvalue weighted by molar-refractivity contribution is -0.129. The molecule has 0 aromatic rings. The Hall–Kier alpha value is -0.280. The summed E-state index contributed by atoms with van der Waals surface area (Å²) < 4.78 is 0. The molecule has 0 N–H and O–H groups in total. The molecular weight excluding hydrogens is 152 g/mol. The normalized spacial score (nSPS) is 19.1. The third-order valence-corrected chi connectivity index (χ3v) is 1.75. The quantitative estimate of drug-likeness (QED) is 0.485. The molecular formula is C6H10ClN2O. The predicted octanol–water partition coefficient (Wildman–Crippen LogP) is -0.328. The van der Waals surface area contributed by atoms with Gasteiger partial charge in [0.05, 0.1) is 0 Å². The Bertz CT molecular complexity index is 123. The van der Waals surface area contributed by atoms with Gasteiger partial charge in [-0.3, -0.25) is 4.79 Å². The summed E-state index contributed by atoms with van der Waals surface area (Å²) in [5.74, 6) is 0.122. The molecule has 1 amide bonds. The van der Waals surface area contributed by atoms with Crippen molar-refractivity contribution < 1.29 is 4.79 Å². The van der Waals surface area contributed by atoms with Crippen LogP contribution in [0, 0.1) is 0 Å². The number of hydrogen-bond acceptors (Lipinski definition) is 1. The molecule has 1 rings (SSSR count). The SMILES string of the molecule is O=C(CCl)N1CC[N]CC1.